The number of H-pyrrole nitrogens is 1. The molecule has 2 aliphatic heterocycles. The maximum Gasteiger partial charge on any atom is 0.252 e. The quantitative estimate of drug-likeness (QED) is 0.470. The van der Waals surface area contributed by atoms with Gasteiger partial charge in [-0.15, -0.1) is 0 Å². The van der Waals surface area contributed by atoms with E-state index in [1.807, 2.05) is 0 Å². The third-order valence-electron chi connectivity index (χ3n) is 5.84. The molecule has 2 amide bonds. The molecule has 3 aromatic carbocycles. The minimum Gasteiger partial charge on any atom is -0.341 e. The van der Waals surface area contributed by atoms with Crippen LogP contribution in [0.15, 0.2) is 48.5 Å². The molecule has 0 spiro atoms. The second-order valence-corrected chi connectivity index (χ2v) is 8.14. The number of anilines is 2. The van der Waals surface area contributed by atoms with Gasteiger partial charge in [-0.2, -0.15) is 0 Å². The molecule has 1 atom stereocenters. The summed E-state index contributed by atoms with van der Waals surface area (Å²) < 4.78 is 27.6. The number of fused-ring (bicyclic) bond motifs is 4. The van der Waals surface area contributed by atoms with Gasteiger partial charge < -0.3 is 10.3 Å². The minimum absolute atomic E-state index is 0.0593. The highest BCUT2D eigenvalue weighted by Gasteiger charge is 2.36. The van der Waals surface area contributed by atoms with Crippen LogP contribution >= 0.6 is 11.6 Å². The Morgan fingerprint density at radius 3 is 2.66 bits per heavy atom. The van der Waals surface area contributed by atoms with Crippen molar-refractivity contribution in [1.29, 1.82) is 0 Å². The summed E-state index contributed by atoms with van der Waals surface area (Å²) in [6.45, 7) is 0. The van der Waals surface area contributed by atoms with Gasteiger partial charge in [-0.25, -0.2) is 18.7 Å². The maximum atomic E-state index is 13.9. The lowest BCUT2D eigenvalue weighted by atomic mass is 9.97. The minimum atomic E-state index is -0.698. The summed E-state index contributed by atoms with van der Waals surface area (Å²) in [7, 11) is 0. The van der Waals surface area contributed by atoms with Crippen molar-refractivity contribution in [3.63, 3.8) is 0 Å². The van der Waals surface area contributed by atoms with Gasteiger partial charge in [-0.1, -0.05) is 11.6 Å². The van der Waals surface area contributed by atoms with E-state index in [1.165, 1.54) is 41.3 Å². The van der Waals surface area contributed by atoms with Gasteiger partial charge in [0.25, 0.3) is 5.91 Å². The van der Waals surface area contributed by atoms with Crippen molar-refractivity contribution in [3.05, 3.63) is 87.4 Å². The van der Waals surface area contributed by atoms with Crippen molar-refractivity contribution in [2.75, 3.05) is 4.90 Å². The van der Waals surface area contributed by atoms with Crippen molar-refractivity contribution in [3.8, 4) is 0 Å². The molecule has 0 radical (unpaired) electrons. The predicted molar refractivity (Wildman–Crippen MR) is 114 cm³/mol. The van der Waals surface area contributed by atoms with Crippen LogP contribution in [0.3, 0.4) is 0 Å². The molecule has 0 fully saturated rings. The van der Waals surface area contributed by atoms with Gasteiger partial charge in [0.15, 0.2) is 0 Å². The van der Waals surface area contributed by atoms with Gasteiger partial charge in [-0.3, -0.25) is 9.59 Å². The van der Waals surface area contributed by atoms with Crippen molar-refractivity contribution < 1.29 is 18.4 Å². The normalized spacial score (nSPS) is 17.1. The van der Waals surface area contributed by atoms with Crippen molar-refractivity contribution in [1.82, 2.24) is 15.3 Å². The number of carbonyl (C=O) groups excluding carboxylic acids is 2. The molecule has 0 saturated heterocycles. The Morgan fingerprint density at radius 2 is 1.81 bits per heavy atom. The van der Waals surface area contributed by atoms with E-state index in [1.54, 1.807) is 12.1 Å². The second kappa shape index (κ2) is 6.61. The number of halogens is 3. The molecule has 0 bridgehead atoms. The number of imidazole rings is 1. The Hall–Kier alpha value is -3.78. The molecule has 2 aliphatic rings. The highest BCUT2D eigenvalue weighted by atomic mass is 35.5. The van der Waals surface area contributed by atoms with E-state index in [0.29, 0.717) is 44.0 Å². The largest absolute Gasteiger partial charge is 0.341 e. The van der Waals surface area contributed by atoms with Gasteiger partial charge in [0.2, 0.25) is 11.9 Å². The number of benzene rings is 3. The van der Waals surface area contributed by atoms with Crippen LogP contribution in [0.4, 0.5) is 20.4 Å². The van der Waals surface area contributed by atoms with Crippen LogP contribution in [-0.2, 0) is 11.2 Å². The molecule has 6 nitrogen and oxygen atoms in total. The Morgan fingerprint density at radius 1 is 1.03 bits per heavy atom. The van der Waals surface area contributed by atoms with E-state index in [4.69, 9.17) is 11.6 Å². The SMILES string of the molecule is O=C1N[C@H](c2cc(F)ccc2Cl)c2c1ccc1[nH]c(N3C(=O)Cc4cc(F)ccc43)nc21. The molecule has 9 heteroatoms. The number of aromatic nitrogens is 2. The Balaban J connectivity index is 1.53. The molecule has 0 aliphatic carbocycles. The first kappa shape index (κ1) is 18.9. The molecule has 32 heavy (non-hydrogen) atoms. The first-order valence-corrected chi connectivity index (χ1v) is 10.2. The van der Waals surface area contributed by atoms with Gasteiger partial charge >= 0.3 is 0 Å². The smallest absolute Gasteiger partial charge is 0.252 e. The standard InChI is InChI=1S/C23H13ClF2N4O2/c24-15-4-1-12(26)9-14(15)20-19-13(22(32)28-20)3-5-16-21(19)29-23(27-16)30-17-6-2-11(25)7-10(17)8-18(30)31/h1-7,9,20H,8H2,(H,27,29)(H,28,32)/t20-/m1/s1. The highest BCUT2D eigenvalue weighted by Crippen LogP contribution is 2.41. The van der Waals surface area contributed by atoms with E-state index < -0.39 is 17.7 Å². The number of aromatic amines is 1. The van der Waals surface area contributed by atoms with Crippen LogP contribution in [0.1, 0.15) is 33.1 Å². The van der Waals surface area contributed by atoms with Crippen LogP contribution in [0.5, 0.6) is 0 Å². The lowest BCUT2D eigenvalue weighted by Gasteiger charge is -2.15. The second-order valence-electron chi connectivity index (χ2n) is 7.73. The van der Waals surface area contributed by atoms with Crippen LogP contribution in [-0.4, -0.2) is 21.8 Å². The molecule has 0 saturated carbocycles. The molecule has 2 N–H and O–H groups in total. The Labute approximate surface area is 184 Å². The zero-order valence-corrected chi connectivity index (χ0v) is 17.0. The topological polar surface area (TPSA) is 78.1 Å². The van der Waals surface area contributed by atoms with E-state index in [-0.39, 0.29) is 24.2 Å². The molecule has 4 aromatic rings. The first-order chi connectivity index (χ1) is 15.4. The number of amides is 2. The van der Waals surface area contributed by atoms with Crippen molar-refractivity contribution >= 4 is 46.1 Å². The van der Waals surface area contributed by atoms with Gasteiger partial charge in [0, 0.05) is 21.7 Å². The molecule has 6 rings (SSSR count). The fourth-order valence-corrected chi connectivity index (χ4v) is 4.68. The summed E-state index contributed by atoms with van der Waals surface area (Å²) >= 11 is 6.31. The van der Waals surface area contributed by atoms with Crippen molar-refractivity contribution in [2.24, 2.45) is 0 Å². The van der Waals surface area contributed by atoms with E-state index in [9.17, 15) is 18.4 Å². The number of nitrogens with zero attached hydrogens (tertiary/aromatic N) is 2. The van der Waals surface area contributed by atoms with Gasteiger partial charge in [0.05, 0.1) is 29.2 Å². The van der Waals surface area contributed by atoms with Gasteiger partial charge in [0.1, 0.15) is 11.6 Å². The fourth-order valence-electron chi connectivity index (χ4n) is 4.45. The van der Waals surface area contributed by atoms with E-state index in [2.05, 4.69) is 15.3 Å². The zero-order valence-electron chi connectivity index (χ0n) is 16.2. The van der Waals surface area contributed by atoms with Crippen molar-refractivity contribution in [2.45, 2.75) is 12.5 Å². The zero-order chi connectivity index (χ0) is 22.1. The van der Waals surface area contributed by atoms with E-state index in [0.717, 1.165) is 0 Å². The molecule has 158 valence electrons. The maximum absolute atomic E-state index is 13.9. The lowest BCUT2D eigenvalue weighted by Crippen LogP contribution is -2.22. The van der Waals surface area contributed by atoms with Crippen LogP contribution in [0, 0.1) is 11.6 Å². The fraction of sp³-hybridized carbons (Fsp3) is 0.0870. The number of carbonyl (C=O) groups is 2. The molecule has 3 heterocycles. The first-order valence-electron chi connectivity index (χ1n) is 9.80. The predicted octanol–water partition coefficient (Wildman–Crippen LogP) is 4.55. The molecular weight excluding hydrogens is 438 g/mol. The summed E-state index contributed by atoms with van der Waals surface area (Å²) in [5.41, 5.74) is 3.53. The highest BCUT2D eigenvalue weighted by molar-refractivity contribution is 6.31. The van der Waals surface area contributed by atoms with Gasteiger partial charge in [-0.05, 0) is 54.1 Å². The summed E-state index contributed by atoms with van der Waals surface area (Å²) in [5.74, 6) is -1.21. The number of hydrogen-bond donors (Lipinski definition) is 2. The van der Waals surface area contributed by atoms with E-state index >= 15 is 0 Å². The summed E-state index contributed by atoms with van der Waals surface area (Å²) in [6.07, 6.45) is 0.0593. The summed E-state index contributed by atoms with van der Waals surface area (Å²) in [6, 6.07) is 10.8. The number of rotatable bonds is 2. The van der Waals surface area contributed by atoms with Crippen LogP contribution in [0.2, 0.25) is 5.02 Å². The summed E-state index contributed by atoms with van der Waals surface area (Å²) in [5, 5.41) is 3.15. The molecule has 1 aromatic heterocycles. The average molecular weight is 451 g/mol. The Kier molecular flexibility index (Phi) is 3.91. The third kappa shape index (κ3) is 2.66. The van der Waals surface area contributed by atoms with Crippen LogP contribution < -0.4 is 10.2 Å². The number of hydrogen-bond acceptors (Lipinski definition) is 3. The van der Waals surface area contributed by atoms with Crippen LogP contribution in [0.25, 0.3) is 11.0 Å². The monoisotopic (exact) mass is 450 g/mol. The Bertz CT molecular complexity index is 1480. The molecule has 0 unspecified atom stereocenters. The number of nitrogens with one attached hydrogen (secondary N) is 2. The summed E-state index contributed by atoms with van der Waals surface area (Å²) in [4.78, 5) is 34.5. The molecular formula is C23H13ClF2N4O2. The third-order valence-corrected chi connectivity index (χ3v) is 6.19. The average Bonchev–Trinajstić information content (AvgIpc) is 3.41. The lowest BCUT2D eigenvalue weighted by molar-refractivity contribution is -0.116.